The van der Waals surface area contributed by atoms with Gasteiger partial charge in [0.2, 0.25) is 0 Å². The minimum Gasteiger partial charge on any atom is -0.485 e. The molecule has 0 spiro atoms. The number of halogens is 3. The Bertz CT molecular complexity index is 1270. The topological polar surface area (TPSA) is 76.8 Å². The lowest BCUT2D eigenvalue weighted by molar-refractivity contribution is -0.137. The summed E-state index contributed by atoms with van der Waals surface area (Å²) in [6, 6.07) is 9.89. The summed E-state index contributed by atoms with van der Waals surface area (Å²) in [4.78, 5) is 16.8. The number of amides is 1. The van der Waals surface area contributed by atoms with E-state index in [2.05, 4.69) is 0 Å². The van der Waals surface area contributed by atoms with Crippen LogP contribution in [0.5, 0.6) is 5.75 Å². The average Bonchev–Trinajstić information content (AvgIpc) is 2.95. The molecule has 1 saturated heterocycles. The Labute approximate surface area is 210 Å². The number of fused-ring (bicyclic) bond motifs is 1. The van der Waals surface area contributed by atoms with Crippen molar-refractivity contribution in [3.63, 3.8) is 0 Å². The van der Waals surface area contributed by atoms with Gasteiger partial charge in [-0.2, -0.15) is 18.4 Å². The number of thioether (sulfide) groups is 1. The van der Waals surface area contributed by atoms with Gasteiger partial charge in [0.15, 0.2) is 5.11 Å². The van der Waals surface area contributed by atoms with Crippen LogP contribution in [0.4, 0.5) is 24.5 Å². The molecule has 2 heterocycles. The second-order valence-electron chi connectivity index (χ2n) is 9.36. The zero-order chi connectivity index (χ0) is 25.9. The van der Waals surface area contributed by atoms with Crippen LogP contribution in [0.15, 0.2) is 41.3 Å². The Morgan fingerprint density at radius 2 is 1.86 bits per heavy atom. The first-order chi connectivity index (χ1) is 16.2. The van der Waals surface area contributed by atoms with E-state index in [9.17, 15) is 23.1 Å². The average molecular weight is 522 g/mol. The molecule has 0 unspecified atom stereocenters. The molecule has 2 aromatic carbocycles. The number of aliphatic hydroxyl groups is 1. The minimum atomic E-state index is -4.77. The van der Waals surface area contributed by atoms with E-state index in [1.165, 1.54) is 23.9 Å². The molecule has 1 fully saturated rings. The number of carbonyl (C=O) groups excluding carboxylic acids is 1. The molecule has 0 radical (unpaired) electrons. The van der Waals surface area contributed by atoms with Gasteiger partial charge in [-0.05, 0) is 76.3 Å². The molecular weight excluding hydrogens is 499 g/mol. The van der Waals surface area contributed by atoms with Crippen molar-refractivity contribution in [1.82, 2.24) is 0 Å². The molecule has 11 heteroatoms. The van der Waals surface area contributed by atoms with Gasteiger partial charge in [0.25, 0.3) is 5.91 Å². The maximum absolute atomic E-state index is 13.5. The summed E-state index contributed by atoms with van der Waals surface area (Å²) in [6.45, 7) is 6.64. The quantitative estimate of drug-likeness (QED) is 0.562. The zero-order valence-corrected chi connectivity index (χ0v) is 20.9. The van der Waals surface area contributed by atoms with Crippen LogP contribution in [0.1, 0.15) is 38.8 Å². The molecule has 0 bridgehead atoms. The molecule has 1 amide bonds. The summed E-state index contributed by atoms with van der Waals surface area (Å²) < 4.78 is 46.5. The van der Waals surface area contributed by atoms with Gasteiger partial charge in [0.05, 0.1) is 33.4 Å². The first-order valence-electron chi connectivity index (χ1n) is 10.6. The molecule has 2 aliphatic heterocycles. The summed E-state index contributed by atoms with van der Waals surface area (Å²) >= 11 is 7.08. The van der Waals surface area contributed by atoms with Crippen LogP contribution in [0.3, 0.4) is 0 Å². The van der Waals surface area contributed by atoms with E-state index in [1.807, 2.05) is 6.07 Å². The lowest BCUT2D eigenvalue weighted by Gasteiger charge is -2.35. The zero-order valence-electron chi connectivity index (χ0n) is 19.3. The maximum Gasteiger partial charge on any atom is 0.417 e. The smallest absolute Gasteiger partial charge is 0.417 e. The van der Waals surface area contributed by atoms with Crippen molar-refractivity contribution in [1.29, 1.82) is 5.26 Å². The van der Waals surface area contributed by atoms with Gasteiger partial charge in [-0.1, -0.05) is 0 Å². The number of ether oxygens (including phenoxy) is 1. The lowest BCUT2D eigenvalue weighted by Crippen LogP contribution is -2.45. The van der Waals surface area contributed by atoms with Crippen LogP contribution in [-0.4, -0.2) is 39.1 Å². The fourth-order valence-electron chi connectivity index (χ4n) is 4.01. The Morgan fingerprint density at radius 1 is 1.20 bits per heavy atom. The van der Waals surface area contributed by atoms with Crippen LogP contribution in [0, 0.1) is 11.3 Å². The highest BCUT2D eigenvalue weighted by molar-refractivity contribution is 7.99. The third-order valence-corrected chi connectivity index (χ3v) is 7.45. The van der Waals surface area contributed by atoms with Gasteiger partial charge < -0.3 is 14.7 Å². The van der Waals surface area contributed by atoms with Crippen molar-refractivity contribution in [3.05, 3.63) is 47.5 Å². The van der Waals surface area contributed by atoms with Crippen molar-refractivity contribution in [2.45, 2.75) is 56.0 Å². The van der Waals surface area contributed by atoms with Gasteiger partial charge >= 0.3 is 6.18 Å². The van der Waals surface area contributed by atoms with Crippen LogP contribution >= 0.6 is 24.0 Å². The van der Waals surface area contributed by atoms with Crippen molar-refractivity contribution >= 4 is 46.4 Å². The fourth-order valence-corrected chi connectivity index (χ4v) is 5.80. The Morgan fingerprint density at radius 3 is 2.46 bits per heavy atom. The van der Waals surface area contributed by atoms with Gasteiger partial charge in [-0.3, -0.25) is 9.69 Å². The molecule has 1 N–H and O–H groups in total. The van der Waals surface area contributed by atoms with E-state index < -0.39 is 40.5 Å². The number of benzene rings is 2. The summed E-state index contributed by atoms with van der Waals surface area (Å²) in [5, 5.41) is 19.4. The van der Waals surface area contributed by atoms with E-state index in [0.29, 0.717) is 17.2 Å². The normalized spacial score (nSPS) is 19.9. The predicted molar refractivity (Wildman–Crippen MR) is 131 cm³/mol. The highest BCUT2D eigenvalue weighted by Gasteiger charge is 2.51. The highest BCUT2D eigenvalue weighted by atomic mass is 32.2. The van der Waals surface area contributed by atoms with Crippen molar-refractivity contribution < 1.29 is 27.8 Å². The highest BCUT2D eigenvalue weighted by Crippen LogP contribution is 2.44. The van der Waals surface area contributed by atoms with Crippen LogP contribution in [-0.2, 0) is 11.0 Å². The fraction of sp³-hybridized carbons (Fsp3) is 0.375. The molecule has 0 aliphatic carbocycles. The summed E-state index contributed by atoms with van der Waals surface area (Å²) in [5.41, 5.74) is -3.36. The monoisotopic (exact) mass is 521 g/mol. The van der Waals surface area contributed by atoms with Crippen LogP contribution in [0.2, 0.25) is 0 Å². The lowest BCUT2D eigenvalue weighted by atomic mass is 10.0. The minimum absolute atomic E-state index is 0.0221. The number of thiocarbonyl (C=S) groups is 1. The van der Waals surface area contributed by atoms with Crippen molar-refractivity contribution in [2.24, 2.45) is 0 Å². The number of hydrogen-bond donors (Lipinski definition) is 1. The standard InChI is InChI=1S/C24H22F3N3O3S2/c1-22(2)20(31)29(14-6-5-13(11-28)16(9-14)24(25,26)27)21(34)30(22)15-7-8-17-18(10-15)35-12-19(33-17)23(3,4)32/h5-10,19,32H,12H2,1-4H3/t19-/m1/s1. The molecule has 2 aliphatic rings. The second kappa shape index (κ2) is 8.40. The number of hydrogen-bond acceptors (Lipinski definition) is 6. The number of rotatable bonds is 3. The first-order valence-corrected chi connectivity index (χ1v) is 12.0. The summed E-state index contributed by atoms with van der Waals surface area (Å²) in [5.74, 6) is 0.610. The molecular formula is C24H22F3N3O3S2. The van der Waals surface area contributed by atoms with E-state index in [4.69, 9.17) is 22.2 Å². The van der Waals surface area contributed by atoms with Crippen LogP contribution in [0.25, 0.3) is 0 Å². The summed E-state index contributed by atoms with van der Waals surface area (Å²) in [6.07, 6.45) is -5.16. The van der Waals surface area contributed by atoms with E-state index in [0.717, 1.165) is 21.9 Å². The second-order valence-corrected chi connectivity index (χ2v) is 10.8. The van der Waals surface area contributed by atoms with E-state index in [1.54, 1.807) is 44.7 Å². The molecule has 4 rings (SSSR count). The Kier molecular flexibility index (Phi) is 6.07. The Hall–Kier alpha value is -2.81. The van der Waals surface area contributed by atoms with Crippen LogP contribution < -0.4 is 14.5 Å². The third-order valence-electron chi connectivity index (χ3n) is 5.99. The Balaban J connectivity index is 1.72. The van der Waals surface area contributed by atoms with Crippen molar-refractivity contribution in [3.8, 4) is 11.8 Å². The van der Waals surface area contributed by atoms with Gasteiger partial charge in [0, 0.05) is 11.4 Å². The molecule has 35 heavy (non-hydrogen) atoms. The number of nitriles is 1. The molecule has 0 aromatic heterocycles. The van der Waals surface area contributed by atoms with Gasteiger partial charge in [-0.25, -0.2) is 0 Å². The molecule has 0 saturated carbocycles. The number of alkyl halides is 3. The molecule has 2 aromatic rings. The third kappa shape index (κ3) is 4.35. The molecule has 6 nitrogen and oxygen atoms in total. The number of anilines is 2. The molecule has 1 atom stereocenters. The first kappa shape index (κ1) is 25.3. The predicted octanol–water partition coefficient (Wildman–Crippen LogP) is 5.12. The van der Waals surface area contributed by atoms with Gasteiger partial charge in [0.1, 0.15) is 17.4 Å². The van der Waals surface area contributed by atoms with E-state index in [-0.39, 0.29) is 10.8 Å². The maximum atomic E-state index is 13.5. The SMILES string of the molecule is CC(C)(O)[C@H]1CSc2cc(N3C(=S)N(c4ccc(C#N)c(C(F)(F)F)c4)C(=O)C3(C)C)ccc2O1. The number of nitrogens with zero attached hydrogens (tertiary/aromatic N) is 3. The largest absolute Gasteiger partial charge is 0.485 e. The van der Waals surface area contributed by atoms with Crippen molar-refractivity contribution in [2.75, 3.05) is 15.6 Å². The van der Waals surface area contributed by atoms with Gasteiger partial charge in [-0.15, -0.1) is 11.8 Å². The molecule has 184 valence electrons. The van der Waals surface area contributed by atoms with E-state index >= 15 is 0 Å². The summed E-state index contributed by atoms with van der Waals surface area (Å²) in [7, 11) is 0. The number of carbonyl (C=O) groups is 1.